The van der Waals surface area contributed by atoms with Gasteiger partial charge in [0.1, 0.15) is 0 Å². The average molecular weight is 304 g/mol. The minimum atomic E-state index is -0.536. The van der Waals surface area contributed by atoms with Crippen molar-refractivity contribution < 1.29 is 19.0 Å². The molecule has 0 aromatic heterocycles. The normalized spacial score (nSPS) is 9.65. The monoisotopic (exact) mass is 303 g/mol. The molecule has 0 saturated carbocycles. The van der Waals surface area contributed by atoms with E-state index in [0.29, 0.717) is 23.8 Å². The molecule has 0 aliphatic carbocycles. The minimum absolute atomic E-state index is 0.305. The highest BCUT2D eigenvalue weighted by molar-refractivity contribution is 9.10. The van der Waals surface area contributed by atoms with Crippen LogP contribution in [0, 0.1) is 0 Å². The molecule has 17 heavy (non-hydrogen) atoms. The number of amides is 1. The highest BCUT2D eigenvalue weighted by atomic mass is 79.9. The summed E-state index contributed by atoms with van der Waals surface area (Å²) >= 11 is 3.32. The van der Waals surface area contributed by atoms with Gasteiger partial charge in [-0.15, -0.1) is 0 Å². The molecule has 1 rings (SSSR count). The van der Waals surface area contributed by atoms with Crippen LogP contribution in [0.25, 0.3) is 0 Å². The fourth-order valence-corrected chi connectivity index (χ4v) is 1.74. The van der Waals surface area contributed by atoms with Gasteiger partial charge in [-0.2, -0.15) is 0 Å². The van der Waals surface area contributed by atoms with Gasteiger partial charge in [-0.3, -0.25) is 5.32 Å². The molecule has 0 aliphatic rings. The van der Waals surface area contributed by atoms with E-state index < -0.39 is 6.09 Å². The lowest BCUT2D eigenvalue weighted by molar-refractivity contribution is 0.168. The van der Waals surface area contributed by atoms with Crippen LogP contribution in [0.4, 0.5) is 10.5 Å². The first-order valence-electron chi connectivity index (χ1n) is 4.97. The average Bonchev–Trinajstić information content (AvgIpc) is 2.28. The first kappa shape index (κ1) is 13.6. The van der Waals surface area contributed by atoms with Crippen LogP contribution in [0.5, 0.6) is 11.5 Å². The van der Waals surface area contributed by atoms with E-state index in [1.807, 2.05) is 0 Å². The molecular weight excluding hydrogens is 290 g/mol. The zero-order chi connectivity index (χ0) is 12.8. The van der Waals surface area contributed by atoms with Crippen molar-refractivity contribution in [1.82, 2.24) is 0 Å². The molecule has 0 fully saturated rings. The summed E-state index contributed by atoms with van der Waals surface area (Å²) in [6, 6.07) is 3.45. The fraction of sp³-hybridized carbons (Fsp3) is 0.364. The van der Waals surface area contributed by atoms with Gasteiger partial charge in [0.05, 0.1) is 26.5 Å². The summed E-state index contributed by atoms with van der Waals surface area (Å²) in [5, 5.41) is 2.58. The summed E-state index contributed by atoms with van der Waals surface area (Å²) in [5.74, 6) is 0.970. The predicted octanol–water partition coefficient (Wildman–Crippen LogP) is 3.03. The van der Waals surface area contributed by atoms with E-state index in [1.165, 1.54) is 14.2 Å². The third-order valence-corrected chi connectivity index (χ3v) is 2.41. The Labute approximate surface area is 108 Å². The number of anilines is 1. The van der Waals surface area contributed by atoms with Gasteiger partial charge in [0, 0.05) is 4.47 Å². The summed E-state index contributed by atoms with van der Waals surface area (Å²) in [6.07, 6.45) is -0.536. The van der Waals surface area contributed by atoms with Crippen LogP contribution in [-0.2, 0) is 4.74 Å². The summed E-state index contributed by atoms with van der Waals surface area (Å²) in [6.45, 7) is 2.04. The molecule has 0 aliphatic heterocycles. The van der Waals surface area contributed by atoms with Gasteiger partial charge in [-0.25, -0.2) is 4.79 Å². The Bertz CT molecular complexity index is 409. The number of rotatable bonds is 4. The maximum absolute atomic E-state index is 11.3. The van der Waals surface area contributed by atoms with E-state index >= 15 is 0 Å². The summed E-state index contributed by atoms with van der Waals surface area (Å²) in [4.78, 5) is 11.3. The van der Waals surface area contributed by atoms with Crippen molar-refractivity contribution in [1.29, 1.82) is 0 Å². The van der Waals surface area contributed by atoms with Crippen molar-refractivity contribution in [2.45, 2.75) is 6.92 Å². The molecule has 0 bridgehead atoms. The van der Waals surface area contributed by atoms with Crippen LogP contribution >= 0.6 is 15.9 Å². The molecule has 6 heteroatoms. The van der Waals surface area contributed by atoms with Crippen LogP contribution in [0.3, 0.4) is 0 Å². The first-order chi connectivity index (χ1) is 8.12. The Morgan fingerprint density at radius 1 is 1.35 bits per heavy atom. The van der Waals surface area contributed by atoms with E-state index in [1.54, 1.807) is 19.1 Å². The lowest BCUT2D eigenvalue weighted by Gasteiger charge is -2.14. The maximum Gasteiger partial charge on any atom is 0.411 e. The van der Waals surface area contributed by atoms with Gasteiger partial charge in [-0.05, 0) is 19.1 Å². The van der Waals surface area contributed by atoms with Gasteiger partial charge in [-0.1, -0.05) is 15.9 Å². The number of hydrogen-bond acceptors (Lipinski definition) is 4. The van der Waals surface area contributed by atoms with Crippen molar-refractivity contribution in [3.8, 4) is 11.5 Å². The smallest absolute Gasteiger partial charge is 0.411 e. The van der Waals surface area contributed by atoms with E-state index in [2.05, 4.69) is 21.2 Å². The molecule has 1 aromatic carbocycles. The highest BCUT2D eigenvalue weighted by Crippen LogP contribution is 2.38. The van der Waals surface area contributed by atoms with Gasteiger partial charge >= 0.3 is 6.09 Å². The summed E-state index contributed by atoms with van der Waals surface area (Å²) < 4.78 is 15.9. The van der Waals surface area contributed by atoms with Crippen LogP contribution < -0.4 is 14.8 Å². The van der Waals surface area contributed by atoms with Crippen LogP contribution in [0.2, 0.25) is 0 Å². The van der Waals surface area contributed by atoms with Gasteiger partial charge < -0.3 is 14.2 Å². The zero-order valence-corrected chi connectivity index (χ0v) is 11.5. The Hall–Kier alpha value is -1.43. The topological polar surface area (TPSA) is 56.8 Å². The first-order valence-corrected chi connectivity index (χ1v) is 5.77. The quantitative estimate of drug-likeness (QED) is 0.929. The Morgan fingerprint density at radius 2 is 2.06 bits per heavy atom. The molecule has 1 amide bonds. The third-order valence-electron chi connectivity index (χ3n) is 1.96. The van der Waals surface area contributed by atoms with Crippen molar-refractivity contribution in [2.24, 2.45) is 0 Å². The maximum atomic E-state index is 11.3. The second kappa shape index (κ2) is 6.34. The number of hydrogen-bond donors (Lipinski definition) is 1. The molecule has 0 atom stereocenters. The number of carbonyl (C=O) groups is 1. The number of benzene rings is 1. The van der Waals surface area contributed by atoms with Crippen molar-refractivity contribution >= 4 is 27.7 Å². The molecule has 0 heterocycles. The molecule has 1 aromatic rings. The molecular formula is C11H14BrNO4. The van der Waals surface area contributed by atoms with E-state index in [-0.39, 0.29) is 0 Å². The molecule has 1 N–H and O–H groups in total. The van der Waals surface area contributed by atoms with Crippen molar-refractivity contribution in [3.05, 3.63) is 16.6 Å². The van der Waals surface area contributed by atoms with Crippen molar-refractivity contribution in [3.63, 3.8) is 0 Å². The Kier molecular flexibility index (Phi) is 5.09. The second-order valence-electron chi connectivity index (χ2n) is 3.03. The van der Waals surface area contributed by atoms with E-state index in [0.717, 1.165) is 4.47 Å². The Morgan fingerprint density at radius 3 is 2.59 bits per heavy atom. The molecule has 94 valence electrons. The highest BCUT2D eigenvalue weighted by Gasteiger charge is 2.14. The Balaban J connectivity index is 3.04. The molecule has 0 radical (unpaired) electrons. The van der Waals surface area contributed by atoms with E-state index in [4.69, 9.17) is 14.2 Å². The molecule has 0 unspecified atom stereocenters. The fourth-order valence-electron chi connectivity index (χ4n) is 1.30. The number of carbonyl (C=O) groups excluding carboxylic acids is 1. The largest absolute Gasteiger partial charge is 0.493 e. The number of halogens is 1. The van der Waals surface area contributed by atoms with Gasteiger partial charge in [0.25, 0.3) is 0 Å². The number of methoxy groups -OCH3 is 2. The third kappa shape index (κ3) is 3.52. The van der Waals surface area contributed by atoms with Crippen LogP contribution in [-0.4, -0.2) is 26.9 Å². The zero-order valence-electron chi connectivity index (χ0n) is 9.87. The van der Waals surface area contributed by atoms with Gasteiger partial charge in [0.15, 0.2) is 11.5 Å². The van der Waals surface area contributed by atoms with E-state index in [9.17, 15) is 4.79 Å². The minimum Gasteiger partial charge on any atom is -0.493 e. The van der Waals surface area contributed by atoms with Crippen LogP contribution in [0.1, 0.15) is 6.92 Å². The summed E-state index contributed by atoms with van der Waals surface area (Å²) in [5.41, 5.74) is 0.483. The summed E-state index contributed by atoms with van der Waals surface area (Å²) in [7, 11) is 3.03. The van der Waals surface area contributed by atoms with Crippen molar-refractivity contribution in [2.75, 3.05) is 26.1 Å². The molecule has 5 nitrogen and oxygen atoms in total. The lowest BCUT2D eigenvalue weighted by atomic mass is 10.2. The second-order valence-corrected chi connectivity index (χ2v) is 3.95. The lowest BCUT2D eigenvalue weighted by Crippen LogP contribution is -2.14. The molecule has 0 spiro atoms. The SMILES string of the molecule is CCOC(=O)Nc1cc(Br)cc(OC)c1OC. The van der Waals surface area contributed by atoms with Crippen LogP contribution in [0.15, 0.2) is 16.6 Å². The molecule has 0 saturated heterocycles. The number of nitrogens with one attached hydrogen (secondary N) is 1. The standard InChI is InChI=1S/C11H14BrNO4/c1-4-17-11(14)13-8-5-7(12)6-9(15-2)10(8)16-3/h5-6H,4H2,1-3H3,(H,13,14). The van der Waals surface area contributed by atoms with Gasteiger partial charge in [0.2, 0.25) is 0 Å². The number of ether oxygens (including phenoxy) is 3. The predicted molar refractivity (Wildman–Crippen MR) is 67.9 cm³/mol.